The van der Waals surface area contributed by atoms with Crippen LogP contribution in [-0.4, -0.2) is 65.7 Å². The Morgan fingerprint density at radius 1 is 1.09 bits per heavy atom. The van der Waals surface area contributed by atoms with Gasteiger partial charge in [-0.15, -0.1) is 0 Å². The number of likely N-dealkylation sites (tertiary alicyclic amines) is 2. The molecule has 0 aliphatic carbocycles. The van der Waals surface area contributed by atoms with Gasteiger partial charge in [0, 0.05) is 32.5 Å². The molecule has 2 fully saturated rings. The molecule has 0 aromatic rings. The molecule has 7 heteroatoms. The van der Waals surface area contributed by atoms with Crippen molar-refractivity contribution in [3.8, 4) is 0 Å². The smallest absolute Gasteiger partial charge is 0.411 e. The molecule has 1 unspecified atom stereocenters. The number of piperidine rings is 1. The zero-order valence-corrected chi connectivity index (χ0v) is 14.1. The number of ether oxygens (including phenoxy) is 2. The van der Waals surface area contributed by atoms with Gasteiger partial charge in [0.05, 0.1) is 0 Å². The van der Waals surface area contributed by atoms with Crippen molar-refractivity contribution in [1.82, 2.24) is 9.80 Å². The van der Waals surface area contributed by atoms with Crippen molar-refractivity contribution in [2.75, 3.05) is 19.6 Å². The number of amides is 2. The average Bonchev–Trinajstić information content (AvgIpc) is 2.96. The molecule has 23 heavy (non-hydrogen) atoms. The van der Waals surface area contributed by atoms with E-state index in [-0.39, 0.29) is 12.1 Å². The van der Waals surface area contributed by atoms with Gasteiger partial charge in [0.1, 0.15) is 17.7 Å². The predicted octanol–water partition coefficient (Wildman–Crippen LogP) is 1.55. The maximum absolute atomic E-state index is 12.4. The Labute approximate surface area is 136 Å². The van der Waals surface area contributed by atoms with Crippen LogP contribution in [-0.2, 0) is 19.1 Å². The highest BCUT2D eigenvalue weighted by atomic mass is 16.6. The molecule has 7 nitrogen and oxygen atoms in total. The maximum Gasteiger partial charge on any atom is 0.411 e. The third kappa shape index (κ3) is 4.84. The fourth-order valence-electron chi connectivity index (χ4n) is 2.89. The van der Waals surface area contributed by atoms with Crippen LogP contribution in [0.2, 0.25) is 0 Å². The molecule has 2 saturated heterocycles. The Kier molecular flexibility index (Phi) is 5.49. The molecule has 0 aromatic heterocycles. The van der Waals surface area contributed by atoms with Crippen molar-refractivity contribution < 1.29 is 23.9 Å². The molecular formula is C16H26N2O5. The minimum Gasteiger partial charge on any atom is -0.461 e. The molecule has 0 bridgehead atoms. The Morgan fingerprint density at radius 2 is 1.74 bits per heavy atom. The van der Waals surface area contributed by atoms with Crippen LogP contribution in [0.5, 0.6) is 0 Å². The monoisotopic (exact) mass is 326 g/mol. The number of esters is 1. The van der Waals surface area contributed by atoms with Gasteiger partial charge >= 0.3 is 12.1 Å². The molecule has 0 saturated carbocycles. The third-order valence-electron chi connectivity index (χ3n) is 4.06. The van der Waals surface area contributed by atoms with E-state index >= 15 is 0 Å². The summed E-state index contributed by atoms with van der Waals surface area (Å²) in [5, 5.41) is 0. The summed E-state index contributed by atoms with van der Waals surface area (Å²) in [5.41, 5.74) is -0.588. The van der Waals surface area contributed by atoms with E-state index < -0.39 is 17.7 Å². The standard InChI is InChI=1S/C16H26N2O5/c1-16(2,3)23-15(21)18-8-4-5-13(18)14(20)22-12-6-9-17(11-19)10-7-12/h11-13H,4-10H2,1-3H3. The predicted molar refractivity (Wildman–Crippen MR) is 82.7 cm³/mol. The summed E-state index contributed by atoms with van der Waals surface area (Å²) < 4.78 is 10.9. The Morgan fingerprint density at radius 3 is 2.30 bits per heavy atom. The largest absolute Gasteiger partial charge is 0.461 e. The van der Waals surface area contributed by atoms with Crippen LogP contribution < -0.4 is 0 Å². The molecule has 0 spiro atoms. The summed E-state index contributed by atoms with van der Waals surface area (Å²) in [6.07, 6.45) is 2.83. The lowest BCUT2D eigenvalue weighted by atomic mass is 10.1. The first-order valence-electron chi connectivity index (χ1n) is 8.19. The van der Waals surface area contributed by atoms with Crippen molar-refractivity contribution >= 4 is 18.5 Å². The molecular weight excluding hydrogens is 300 g/mol. The number of rotatable bonds is 3. The van der Waals surface area contributed by atoms with Crippen LogP contribution in [0, 0.1) is 0 Å². The molecule has 2 rings (SSSR count). The van der Waals surface area contributed by atoms with E-state index in [4.69, 9.17) is 9.47 Å². The fourth-order valence-corrected chi connectivity index (χ4v) is 2.89. The van der Waals surface area contributed by atoms with Crippen LogP contribution >= 0.6 is 0 Å². The van der Waals surface area contributed by atoms with Gasteiger partial charge in [0.2, 0.25) is 6.41 Å². The lowest BCUT2D eigenvalue weighted by Gasteiger charge is -2.31. The SMILES string of the molecule is CC(C)(C)OC(=O)N1CCCC1C(=O)OC1CCN(C=O)CC1. The van der Waals surface area contributed by atoms with E-state index in [2.05, 4.69) is 0 Å². The molecule has 130 valence electrons. The fraction of sp³-hybridized carbons (Fsp3) is 0.812. The van der Waals surface area contributed by atoms with Crippen molar-refractivity contribution in [2.45, 2.75) is 64.2 Å². The molecule has 1 atom stereocenters. The second kappa shape index (κ2) is 7.19. The van der Waals surface area contributed by atoms with Gasteiger partial charge in [-0.05, 0) is 33.6 Å². The Hall–Kier alpha value is -1.79. The third-order valence-corrected chi connectivity index (χ3v) is 4.06. The van der Waals surface area contributed by atoms with Crippen molar-refractivity contribution in [3.63, 3.8) is 0 Å². The quantitative estimate of drug-likeness (QED) is 0.581. The normalized spacial score (nSPS) is 22.8. The first-order valence-corrected chi connectivity index (χ1v) is 8.19. The lowest BCUT2D eigenvalue weighted by Crippen LogP contribution is -2.45. The molecule has 2 aliphatic rings. The van der Waals surface area contributed by atoms with Gasteiger partial charge in [-0.3, -0.25) is 9.69 Å². The highest BCUT2D eigenvalue weighted by Gasteiger charge is 2.38. The molecule has 0 aromatic carbocycles. The molecule has 0 N–H and O–H groups in total. The summed E-state index contributed by atoms with van der Waals surface area (Å²) in [6, 6.07) is -0.561. The van der Waals surface area contributed by atoms with Crippen molar-refractivity contribution in [1.29, 1.82) is 0 Å². The second-order valence-corrected chi connectivity index (χ2v) is 7.11. The van der Waals surface area contributed by atoms with Crippen LogP contribution in [0.25, 0.3) is 0 Å². The van der Waals surface area contributed by atoms with Crippen LogP contribution in [0.15, 0.2) is 0 Å². The van der Waals surface area contributed by atoms with E-state index in [1.165, 1.54) is 4.90 Å². The van der Waals surface area contributed by atoms with E-state index in [9.17, 15) is 14.4 Å². The molecule has 2 heterocycles. The highest BCUT2D eigenvalue weighted by molar-refractivity contribution is 5.82. The Balaban J connectivity index is 1.88. The number of hydrogen-bond donors (Lipinski definition) is 0. The molecule has 2 amide bonds. The van der Waals surface area contributed by atoms with Gasteiger partial charge in [-0.1, -0.05) is 0 Å². The number of carbonyl (C=O) groups excluding carboxylic acids is 3. The summed E-state index contributed by atoms with van der Waals surface area (Å²) in [7, 11) is 0. The van der Waals surface area contributed by atoms with Gasteiger partial charge < -0.3 is 14.4 Å². The summed E-state index contributed by atoms with van der Waals surface area (Å²) in [4.78, 5) is 38.4. The lowest BCUT2D eigenvalue weighted by molar-refractivity contribution is -0.156. The zero-order valence-electron chi connectivity index (χ0n) is 14.1. The van der Waals surface area contributed by atoms with Crippen molar-refractivity contribution in [2.24, 2.45) is 0 Å². The number of nitrogens with zero attached hydrogens (tertiary/aromatic N) is 2. The Bertz CT molecular complexity index is 452. The molecule has 0 radical (unpaired) electrons. The summed E-state index contributed by atoms with van der Waals surface area (Å²) >= 11 is 0. The topological polar surface area (TPSA) is 76.2 Å². The minimum atomic E-state index is -0.588. The zero-order chi connectivity index (χ0) is 17.0. The summed E-state index contributed by atoms with van der Waals surface area (Å²) in [6.45, 7) is 7.11. The van der Waals surface area contributed by atoms with Crippen LogP contribution in [0.3, 0.4) is 0 Å². The number of hydrogen-bond acceptors (Lipinski definition) is 5. The number of carbonyl (C=O) groups is 3. The average molecular weight is 326 g/mol. The first kappa shape index (κ1) is 17.6. The van der Waals surface area contributed by atoms with E-state index in [0.717, 1.165) is 12.8 Å². The van der Waals surface area contributed by atoms with Crippen LogP contribution in [0.4, 0.5) is 4.79 Å². The van der Waals surface area contributed by atoms with E-state index in [1.54, 1.807) is 25.7 Å². The van der Waals surface area contributed by atoms with Gasteiger partial charge in [0.25, 0.3) is 0 Å². The summed E-state index contributed by atoms with van der Waals surface area (Å²) in [5.74, 6) is -0.363. The van der Waals surface area contributed by atoms with E-state index in [0.29, 0.717) is 38.9 Å². The van der Waals surface area contributed by atoms with Crippen molar-refractivity contribution in [3.05, 3.63) is 0 Å². The highest BCUT2D eigenvalue weighted by Crippen LogP contribution is 2.23. The molecule has 2 aliphatic heterocycles. The van der Waals surface area contributed by atoms with Gasteiger partial charge in [0.15, 0.2) is 0 Å². The first-order chi connectivity index (χ1) is 10.8. The van der Waals surface area contributed by atoms with E-state index in [1.807, 2.05) is 0 Å². The van der Waals surface area contributed by atoms with Gasteiger partial charge in [-0.2, -0.15) is 0 Å². The maximum atomic E-state index is 12.4. The van der Waals surface area contributed by atoms with Crippen LogP contribution in [0.1, 0.15) is 46.5 Å². The minimum absolute atomic E-state index is 0.181. The van der Waals surface area contributed by atoms with Gasteiger partial charge in [-0.25, -0.2) is 9.59 Å². The second-order valence-electron chi connectivity index (χ2n) is 7.11.